The van der Waals surface area contributed by atoms with Crippen LogP contribution in [-0.4, -0.2) is 41.8 Å². The monoisotopic (exact) mass is 383 g/mol. The maximum atomic E-state index is 11.4. The number of aliphatic hydroxyl groups is 1. The van der Waals surface area contributed by atoms with Crippen molar-refractivity contribution in [2.24, 2.45) is 5.73 Å². The molecule has 1 aliphatic rings. The van der Waals surface area contributed by atoms with E-state index in [0.29, 0.717) is 18.2 Å². The van der Waals surface area contributed by atoms with Gasteiger partial charge in [-0.1, -0.05) is 37.1 Å². The molecule has 2 aromatic rings. The summed E-state index contributed by atoms with van der Waals surface area (Å²) in [5.74, 6) is -0.885. The molecule has 0 radical (unpaired) electrons. The van der Waals surface area contributed by atoms with Gasteiger partial charge in [0.2, 0.25) is 0 Å². The Balaban J connectivity index is 1.66. The highest BCUT2D eigenvalue weighted by Gasteiger charge is 2.29. The number of rotatable bonds is 7. The van der Waals surface area contributed by atoms with Crippen molar-refractivity contribution in [2.75, 3.05) is 18.5 Å². The fraction of sp³-hybridized carbons (Fsp3) is 0.409. The third kappa shape index (κ3) is 4.64. The van der Waals surface area contributed by atoms with Crippen LogP contribution in [0.1, 0.15) is 47.7 Å². The van der Waals surface area contributed by atoms with E-state index in [1.165, 1.54) is 24.2 Å². The van der Waals surface area contributed by atoms with Crippen LogP contribution in [-0.2, 0) is 0 Å². The first kappa shape index (κ1) is 20.2. The summed E-state index contributed by atoms with van der Waals surface area (Å²) in [7, 11) is 2.12. The lowest BCUT2D eigenvalue weighted by Gasteiger charge is -2.40. The van der Waals surface area contributed by atoms with Gasteiger partial charge in [-0.05, 0) is 42.7 Å². The summed E-state index contributed by atoms with van der Waals surface area (Å²) in [5, 5.41) is 23.8. The van der Waals surface area contributed by atoms with Crippen LogP contribution in [0.4, 0.5) is 5.69 Å². The third-order valence-electron chi connectivity index (χ3n) is 5.63. The molecular weight excluding hydrogens is 354 g/mol. The molecule has 2 aromatic carbocycles. The Labute approximate surface area is 166 Å². The van der Waals surface area contributed by atoms with Crippen molar-refractivity contribution in [1.29, 1.82) is 0 Å². The lowest BCUT2D eigenvalue weighted by atomic mass is 9.88. The fourth-order valence-electron chi connectivity index (χ4n) is 4.01. The SMILES string of the molecule is CN(c1ccccc1)[C@H]1CCCC[C@H]1NCC(O)c1ccc(O)c(C(N)=O)c1. The Kier molecular flexibility index (Phi) is 6.54. The smallest absolute Gasteiger partial charge is 0.252 e. The van der Waals surface area contributed by atoms with Crippen LogP contribution in [0.3, 0.4) is 0 Å². The molecule has 0 spiro atoms. The van der Waals surface area contributed by atoms with Gasteiger partial charge >= 0.3 is 0 Å². The topological polar surface area (TPSA) is 98.8 Å². The number of para-hydroxylation sites is 1. The predicted molar refractivity (Wildman–Crippen MR) is 110 cm³/mol. The molecule has 0 aromatic heterocycles. The fourth-order valence-corrected chi connectivity index (χ4v) is 4.01. The second kappa shape index (κ2) is 9.08. The number of carbonyl (C=O) groups excluding carboxylic acids is 1. The van der Waals surface area contributed by atoms with Gasteiger partial charge in [0.15, 0.2) is 0 Å². The number of benzene rings is 2. The molecule has 1 aliphatic carbocycles. The molecule has 1 saturated carbocycles. The molecule has 0 bridgehead atoms. The number of hydrogen-bond acceptors (Lipinski definition) is 5. The second-order valence-electron chi connectivity index (χ2n) is 7.47. The zero-order valence-corrected chi connectivity index (χ0v) is 16.2. The minimum absolute atomic E-state index is 0.0240. The van der Waals surface area contributed by atoms with Crippen molar-refractivity contribution in [1.82, 2.24) is 5.32 Å². The van der Waals surface area contributed by atoms with Crippen molar-refractivity contribution in [3.05, 3.63) is 59.7 Å². The summed E-state index contributed by atoms with van der Waals surface area (Å²) in [6.07, 6.45) is 3.73. The molecule has 6 nitrogen and oxygen atoms in total. The number of nitrogens with two attached hydrogens (primary N) is 1. The lowest BCUT2D eigenvalue weighted by molar-refractivity contribution is 0.0997. The number of primary amides is 1. The van der Waals surface area contributed by atoms with Gasteiger partial charge in [-0.25, -0.2) is 0 Å². The number of aliphatic hydroxyl groups excluding tert-OH is 1. The van der Waals surface area contributed by atoms with E-state index in [4.69, 9.17) is 5.73 Å². The first-order valence-electron chi connectivity index (χ1n) is 9.79. The van der Waals surface area contributed by atoms with Gasteiger partial charge in [-0.15, -0.1) is 0 Å². The van der Waals surface area contributed by atoms with Gasteiger partial charge in [0.1, 0.15) is 5.75 Å². The predicted octanol–water partition coefficient (Wildman–Crippen LogP) is 2.56. The number of nitrogens with zero attached hydrogens (tertiary/aromatic N) is 1. The van der Waals surface area contributed by atoms with E-state index in [1.807, 2.05) is 18.2 Å². The van der Waals surface area contributed by atoms with E-state index in [9.17, 15) is 15.0 Å². The molecule has 3 rings (SSSR count). The Morgan fingerprint density at radius 3 is 2.64 bits per heavy atom. The van der Waals surface area contributed by atoms with Gasteiger partial charge in [0, 0.05) is 31.4 Å². The number of carbonyl (C=O) groups is 1. The standard InChI is InChI=1S/C22H29N3O3/c1-25(16-7-3-2-4-8-16)19-10-6-5-9-18(19)24-14-21(27)15-11-12-20(26)17(13-15)22(23)28/h2-4,7-8,11-13,18-19,21,24,26-27H,5-6,9-10,14H2,1H3,(H2,23,28)/t18-,19+,21?/m1/s1. The number of aromatic hydroxyl groups is 1. The normalized spacial score (nSPS) is 20.5. The Hall–Kier alpha value is -2.57. The summed E-state index contributed by atoms with van der Waals surface area (Å²) in [6.45, 7) is 0.368. The van der Waals surface area contributed by atoms with E-state index in [0.717, 1.165) is 19.3 Å². The Morgan fingerprint density at radius 1 is 1.21 bits per heavy atom. The first-order valence-corrected chi connectivity index (χ1v) is 9.79. The quantitative estimate of drug-likeness (QED) is 0.589. The maximum absolute atomic E-state index is 11.4. The maximum Gasteiger partial charge on any atom is 0.252 e. The molecule has 6 heteroatoms. The molecular formula is C22H29N3O3. The van der Waals surface area contributed by atoms with E-state index in [1.54, 1.807) is 6.07 Å². The van der Waals surface area contributed by atoms with Gasteiger partial charge in [0.05, 0.1) is 11.7 Å². The van der Waals surface area contributed by atoms with E-state index >= 15 is 0 Å². The molecule has 0 heterocycles. The molecule has 0 saturated heterocycles. The summed E-state index contributed by atoms with van der Waals surface area (Å²) in [4.78, 5) is 13.7. The van der Waals surface area contributed by atoms with Crippen LogP contribution in [0.5, 0.6) is 5.75 Å². The molecule has 1 amide bonds. The van der Waals surface area contributed by atoms with Crippen LogP contribution >= 0.6 is 0 Å². The molecule has 28 heavy (non-hydrogen) atoms. The molecule has 0 aliphatic heterocycles. The first-order chi connectivity index (χ1) is 13.5. The number of nitrogens with one attached hydrogen (secondary N) is 1. The minimum Gasteiger partial charge on any atom is -0.507 e. The van der Waals surface area contributed by atoms with Crippen LogP contribution < -0.4 is 16.0 Å². The number of phenols is 1. The largest absolute Gasteiger partial charge is 0.507 e. The van der Waals surface area contributed by atoms with Crippen molar-refractivity contribution in [3.63, 3.8) is 0 Å². The van der Waals surface area contributed by atoms with E-state index < -0.39 is 12.0 Å². The highest BCUT2D eigenvalue weighted by atomic mass is 16.3. The number of anilines is 1. The molecule has 1 fully saturated rings. The lowest BCUT2D eigenvalue weighted by Crippen LogP contribution is -2.51. The van der Waals surface area contributed by atoms with Crippen LogP contribution in [0.25, 0.3) is 0 Å². The molecule has 5 N–H and O–H groups in total. The van der Waals surface area contributed by atoms with Gasteiger partial charge in [-0.2, -0.15) is 0 Å². The highest BCUT2D eigenvalue weighted by Crippen LogP contribution is 2.27. The zero-order chi connectivity index (χ0) is 20.1. The number of amides is 1. The van der Waals surface area contributed by atoms with Crippen molar-refractivity contribution >= 4 is 11.6 Å². The number of hydrogen-bond donors (Lipinski definition) is 4. The van der Waals surface area contributed by atoms with Crippen molar-refractivity contribution in [3.8, 4) is 5.75 Å². The minimum atomic E-state index is -0.789. The average molecular weight is 383 g/mol. The summed E-state index contributed by atoms with van der Waals surface area (Å²) in [5.41, 5.74) is 7.05. The van der Waals surface area contributed by atoms with Crippen LogP contribution in [0, 0.1) is 0 Å². The highest BCUT2D eigenvalue weighted by molar-refractivity contribution is 5.95. The van der Waals surface area contributed by atoms with Crippen LogP contribution in [0.15, 0.2) is 48.5 Å². The second-order valence-corrected chi connectivity index (χ2v) is 7.47. The van der Waals surface area contributed by atoms with Gasteiger partial charge < -0.3 is 26.2 Å². The van der Waals surface area contributed by atoms with E-state index in [2.05, 4.69) is 29.4 Å². The van der Waals surface area contributed by atoms with Crippen LogP contribution in [0.2, 0.25) is 0 Å². The third-order valence-corrected chi connectivity index (χ3v) is 5.63. The van der Waals surface area contributed by atoms with Gasteiger partial charge in [-0.3, -0.25) is 4.79 Å². The Bertz CT molecular complexity index is 797. The summed E-state index contributed by atoms with van der Waals surface area (Å²) < 4.78 is 0. The van der Waals surface area contributed by atoms with Crippen molar-refractivity contribution < 1.29 is 15.0 Å². The molecule has 150 valence electrons. The Morgan fingerprint density at radius 2 is 1.93 bits per heavy atom. The van der Waals surface area contributed by atoms with Crippen molar-refractivity contribution in [2.45, 2.75) is 43.9 Å². The number of likely N-dealkylation sites (N-methyl/N-ethyl adjacent to an activating group) is 1. The zero-order valence-electron chi connectivity index (χ0n) is 16.2. The van der Waals surface area contributed by atoms with E-state index in [-0.39, 0.29) is 17.4 Å². The van der Waals surface area contributed by atoms with Gasteiger partial charge in [0.25, 0.3) is 5.91 Å². The average Bonchev–Trinajstić information content (AvgIpc) is 2.72. The summed E-state index contributed by atoms with van der Waals surface area (Å²) in [6, 6.07) is 15.4. The molecule has 3 atom stereocenters. The summed E-state index contributed by atoms with van der Waals surface area (Å²) >= 11 is 0. The molecule has 1 unspecified atom stereocenters.